The van der Waals surface area contributed by atoms with Crippen LogP contribution in [0.4, 0.5) is 17.1 Å². The molecule has 0 amide bonds. The summed E-state index contributed by atoms with van der Waals surface area (Å²) in [5.41, 5.74) is 11.7. The fraction of sp³-hybridized carbons (Fsp3) is 0.192. The molecule has 0 saturated carbocycles. The molecule has 2 nitrogen and oxygen atoms in total. The number of nitrogens with zero attached hydrogens (tertiary/aromatic N) is 1. The zero-order valence-electron chi connectivity index (χ0n) is 32.8. The van der Waals surface area contributed by atoms with Crippen molar-refractivity contribution in [2.45, 2.75) is 66.7 Å². The van der Waals surface area contributed by atoms with Crippen molar-refractivity contribution in [2.24, 2.45) is 0 Å². The highest BCUT2D eigenvalue weighted by molar-refractivity contribution is 7.21. The highest BCUT2D eigenvalue weighted by Gasteiger charge is 2.49. The van der Waals surface area contributed by atoms with E-state index < -0.39 is 8.07 Å². The average molecular weight is 746 g/mol. The Morgan fingerprint density at radius 1 is 0.482 bits per heavy atom. The van der Waals surface area contributed by atoms with E-state index in [-0.39, 0.29) is 14.1 Å². The number of ether oxygens (including phenoxy) is 1. The Hall–Kier alpha value is -5.58. The van der Waals surface area contributed by atoms with Crippen LogP contribution in [0.25, 0.3) is 0 Å². The third-order valence-corrected chi connectivity index (χ3v) is 16.9. The van der Waals surface area contributed by atoms with E-state index in [1.54, 1.807) is 0 Å². The lowest BCUT2D eigenvalue weighted by atomic mass is 9.34. The second-order valence-corrected chi connectivity index (χ2v) is 20.0. The van der Waals surface area contributed by atoms with Gasteiger partial charge >= 0.3 is 0 Å². The molecule has 0 atom stereocenters. The van der Waals surface area contributed by atoms with E-state index in [4.69, 9.17) is 4.74 Å². The first kappa shape index (κ1) is 37.4. The molecular formula is C52H52BNOSi. The van der Waals surface area contributed by atoms with Crippen LogP contribution < -0.4 is 46.8 Å². The predicted molar refractivity (Wildman–Crippen MR) is 245 cm³/mol. The SMILES string of the molecule is C.CC(C)c1cc(C(C)C)c(B2c3ccccc3Oc3cc(N4c5ccccc5[Si](c5ccccc5)(c5ccccc5)c5ccccc54)ccc32)c(C(C)C)c1. The summed E-state index contributed by atoms with van der Waals surface area (Å²) in [6.07, 6.45) is 0. The van der Waals surface area contributed by atoms with Crippen LogP contribution in [-0.4, -0.2) is 14.8 Å². The first-order valence-corrected chi connectivity index (χ1v) is 22.0. The molecule has 56 heavy (non-hydrogen) atoms. The number of hydrogen-bond acceptors (Lipinski definition) is 2. The number of rotatable bonds is 7. The van der Waals surface area contributed by atoms with E-state index >= 15 is 0 Å². The molecule has 0 saturated heterocycles. The lowest BCUT2D eigenvalue weighted by Gasteiger charge is -2.45. The Morgan fingerprint density at radius 3 is 1.50 bits per heavy atom. The molecule has 0 fully saturated rings. The molecule has 0 bridgehead atoms. The number of hydrogen-bond donors (Lipinski definition) is 0. The summed E-state index contributed by atoms with van der Waals surface area (Å²) in [6.45, 7) is 14.1. The standard InChI is InChI=1S/C51H48BNOSi.CH4/c1-34(2)37-31-41(35(3)4)51(42(32-37)36(5)6)52-43-23-13-16-26-47(43)54-48-33-38(29-30-44(48)52)53-45-24-14-17-27-49(45)55(39-19-9-7-10-20-39,40-21-11-8-12-22-40)50-28-18-15-25-46(50)53;/h7-36H,1-6H3;1H4. The normalized spacial score (nSPS) is 13.7. The fourth-order valence-electron chi connectivity index (χ4n) is 9.43. The van der Waals surface area contributed by atoms with Crippen LogP contribution in [0, 0.1) is 0 Å². The van der Waals surface area contributed by atoms with E-state index in [2.05, 4.69) is 210 Å². The van der Waals surface area contributed by atoms with Crippen LogP contribution in [0.15, 0.2) is 164 Å². The fourth-order valence-corrected chi connectivity index (χ4v) is 14.5. The molecule has 2 aliphatic rings. The van der Waals surface area contributed by atoms with Crippen LogP contribution in [0.3, 0.4) is 0 Å². The Balaban J connectivity index is 0.00000441. The highest BCUT2D eigenvalue weighted by atomic mass is 28.3. The van der Waals surface area contributed by atoms with Crippen molar-refractivity contribution in [2.75, 3.05) is 4.90 Å². The van der Waals surface area contributed by atoms with Gasteiger partial charge in [0.15, 0.2) is 8.07 Å². The largest absolute Gasteiger partial charge is 0.458 e. The second kappa shape index (κ2) is 14.8. The van der Waals surface area contributed by atoms with E-state index in [0.717, 1.165) is 17.2 Å². The Bertz CT molecular complexity index is 2410. The van der Waals surface area contributed by atoms with Gasteiger partial charge in [0.2, 0.25) is 0 Å². The van der Waals surface area contributed by atoms with Gasteiger partial charge in [-0.15, -0.1) is 0 Å². The Morgan fingerprint density at radius 2 is 0.964 bits per heavy atom. The molecular weight excluding hydrogens is 693 g/mol. The van der Waals surface area contributed by atoms with Gasteiger partial charge in [-0.3, -0.25) is 0 Å². The maximum atomic E-state index is 6.96. The molecule has 0 aliphatic carbocycles. The van der Waals surface area contributed by atoms with Crippen molar-refractivity contribution in [3.8, 4) is 11.5 Å². The van der Waals surface area contributed by atoms with Gasteiger partial charge in [0.1, 0.15) is 11.5 Å². The van der Waals surface area contributed by atoms with E-state index in [1.165, 1.54) is 65.2 Å². The smallest absolute Gasteiger partial charge is 0.251 e. The second-order valence-electron chi connectivity index (χ2n) is 16.2. The van der Waals surface area contributed by atoms with Crippen LogP contribution in [-0.2, 0) is 0 Å². The van der Waals surface area contributed by atoms with Gasteiger partial charge in [-0.2, -0.15) is 0 Å². The summed E-state index contributed by atoms with van der Waals surface area (Å²) in [5, 5.41) is 5.56. The number of benzene rings is 7. The van der Waals surface area contributed by atoms with Gasteiger partial charge < -0.3 is 9.64 Å². The van der Waals surface area contributed by atoms with Gasteiger partial charge in [-0.05, 0) is 90.4 Å². The third kappa shape index (κ3) is 5.85. The van der Waals surface area contributed by atoms with E-state index in [1.807, 2.05) is 0 Å². The molecule has 0 aromatic heterocycles. The summed E-state index contributed by atoms with van der Waals surface area (Å²) >= 11 is 0. The first-order valence-electron chi connectivity index (χ1n) is 20.0. The van der Waals surface area contributed by atoms with Gasteiger partial charge in [0.05, 0.1) is 0 Å². The molecule has 7 aromatic carbocycles. The highest BCUT2D eigenvalue weighted by Crippen LogP contribution is 2.40. The number of fused-ring (bicyclic) bond motifs is 4. The Labute approximate surface area is 335 Å². The molecule has 4 heteroatoms. The van der Waals surface area contributed by atoms with Crippen molar-refractivity contribution in [3.63, 3.8) is 0 Å². The minimum absolute atomic E-state index is 0. The van der Waals surface area contributed by atoms with Gasteiger partial charge in [-0.25, -0.2) is 0 Å². The van der Waals surface area contributed by atoms with E-state index in [0.29, 0.717) is 17.8 Å². The molecule has 9 rings (SSSR count). The zero-order chi connectivity index (χ0) is 37.8. The predicted octanol–water partition coefficient (Wildman–Crippen LogP) is 9.48. The summed E-state index contributed by atoms with van der Waals surface area (Å²) < 4.78 is 6.96. The minimum Gasteiger partial charge on any atom is -0.458 e. The maximum absolute atomic E-state index is 6.96. The van der Waals surface area contributed by atoms with Crippen molar-refractivity contribution < 1.29 is 4.74 Å². The lowest BCUT2D eigenvalue weighted by molar-refractivity contribution is 0.487. The quantitative estimate of drug-likeness (QED) is 0.151. The van der Waals surface area contributed by atoms with Gasteiger partial charge in [-0.1, -0.05) is 188 Å². The summed E-state index contributed by atoms with van der Waals surface area (Å²) in [5.74, 6) is 3.08. The van der Waals surface area contributed by atoms with E-state index in [9.17, 15) is 0 Å². The molecule has 0 radical (unpaired) electrons. The average Bonchev–Trinajstić information content (AvgIpc) is 3.21. The lowest BCUT2D eigenvalue weighted by Crippen LogP contribution is -2.77. The first-order chi connectivity index (χ1) is 26.8. The summed E-state index contributed by atoms with van der Waals surface area (Å²) in [7, 11) is -2.70. The molecule has 0 spiro atoms. The third-order valence-electron chi connectivity index (χ3n) is 12.0. The van der Waals surface area contributed by atoms with Gasteiger partial charge in [0.25, 0.3) is 6.71 Å². The zero-order valence-corrected chi connectivity index (χ0v) is 33.8. The summed E-state index contributed by atoms with van der Waals surface area (Å²) in [4.78, 5) is 2.48. The molecule has 7 aromatic rings. The van der Waals surface area contributed by atoms with Crippen LogP contribution >= 0.6 is 0 Å². The Kier molecular flexibility index (Phi) is 9.89. The molecule has 2 aliphatic heterocycles. The number of para-hydroxylation sites is 3. The molecule has 2 heterocycles. The monoisotopic (exact) mass is 745 g/mol. The molecule has 278 valence electrons. The van der Waals surface area contributed by atoms with Crippen LogP contribution in [0.5, 0.6) is 11.5 Å². The van der Waals surface area contributed by atoms with Crippen molar-refractivity contribution in [3.05, 3.63) is 180 Å². The van der Waals surface area contributed by atoms with Crippen LogP contribution in [0.2, 0.25) is 0 Å². The van der Waals surface area contributed by atoms with Crippen molar-refractivity contribution in [1.29, 1.82) is 0 Å². The molecule has 0 unspecified atom stereocenters. The topological polar surface area (TPSA) is 12.5 Å². The minimum atomic E-state index is -2.70. The van der Waals surface area contributed by atoms with Gasteiger partial charge in [0, 0.05) is 23.1 Å². The maximum Gasteiger partial charge on any atom is 0.251 e. The number of anilines is 3. The summed E-state index contributed by atoms with van der Waals surface area (Å²) in [6, 6.07) is 61.3. The van der Waals surface area contributed by atoms with Crippen LogP contribution in [0.1, 0.15) is 83.4 Å². The molecule has 0 N–H and O–H groups in total. The van der Waals surface area contributed by atoms with Crippen molar-refractivity contribution in [1.82, 2.24) is 0 Å². The van der Waals surface area contributed by atoms with Crippen molar-refractivity contribution >= 4 is 69.0 Å².